The summed E-state index contributed by atoms with van der Waals surface area (Å²) in [4.78, 5) is 28.9. The van der Waals surface area contributed by atoms with Gasteiger partial charge >= 0.3 is 5.97 Å². The van der Waals surface area contributed by atoms with Crippen LogP contribution in [0.4, 0.5) is 0 Å². The van der Waals surface area contributed by atoms with Crippen LogP contribution in [-0.2, 0) is 9.53 Å². The van der Waals surface area contributed by atoms with E-state index >= 15 is 0 Å². The van der Waals surface area contributed by atoms with Gasteiger partial charge in [-0.1, -0.05) is 34.1 Å². The number of alkyl halides is 1. The topological polar surface area (TPSA) is 103 Å². The molecule has 9 heteroatoms. The van der Waals surface area contributed by atoms with Gasteiger partial charge < -0.3 is 19.5 Å². The molecule has 184 valence electrons. The van der Waals surface area contributed by atoms with Crippen molar-refractivity contribution in [1.29, 1.82) is 5.26 Å². The number of esters is 1. The number of rotatable bonds is 6. The van der Waals surface area contributed by atoms with Crippen molar-refractivity contribution >= 4 is 27.8 Å². The Kier molecular flexibility index (Phi) is 7.45. The molecule has 1 N–H and O–H groups in total. The number of carbonyl (C=O) groups excluding carboxylic acids is 2. The second-order valence-electron chi connectivity index (χ2n) is 9.34. The van der Waals surface area contributed by atoms with E-state index in [1.165, 1.54) is 0 Å². The van der Waals surface area contributed by atoms with Crippen LogP contribution >= 0.6 is 15.9 Å². The SMILES string of the molecule is CC1(C)Oc2ccc(C#N)cc2[C@@H](N2CCN(CC(Br)COC(=O)c3ccccc3)CC2=O)[C@@H]1O. The number of hydrogen-bond donors (Lipinski definition) is 1. The Bertz CT molecular complexity index is 1130. The summed E-state index contributed by atoms with van der Waals surface area (Å²) in [6.45, 7) is 5.47. The molecule has 2 aliphatic heterocycles. The number of halogens is 1. The molecule has 2 aromatic carbocycles. The number of piperazine rings is 1. The number of benzene rings is 2. The van der Waals surface area contributed by atoms with E-state index in [4.69, 9.17) is 9.47 Å². The van der Waals surface area contributed by atoms with E-state index in [9.17, 15) is 20.0 Å². The highest BCUT2D eigenvalue weighted by atomic mass is 79.9. The molecule has 2 aromatic rings. The summed E-state index contributed by atoms with van der Waals surface area (Å²) in [7, 11) is 0. The zero-order valence-corrected chi connectivity index (χ0v) is 21.3. The van der Waals surface area contributed by atoms with E-state index in [0.717, 1.165) is 0 Å². The number of nitriles is 1. The van der Waals surface area contributed by atoms with Crippen molar-refractivity contribution in [2.24, 2.45) is 0 Å². The van der Waals surface area contributed by atoms with Crippen LogP contribution in [0.2, 0.25) is 0 Å². The minimum Gasteiger partial charge on any atom is -0.485 e. The van der Waals surface area contributed by atoms with Gasteiger partial charge in [0.25, 0.3) is 0 Å². The van der Waals surface area contributed by atoms with Crippen LogP contribution in [0.15, 0.2) is 48.5 Å². The second kappa shape index (κ2) is 10.4. The third kappa shape index (κ3) is 5.50. The fourth-order valence-corrected chi connectivity index (χ4v) is 5.06. The van der Waals surface area contributed by atoms with Crippen LogP contribution in [0.5, 0.6) is 5.75 Å². The highest BCUT2D eigenvalue weighted by Crippen LogP contribution is 2.43. The zero-order chi connectivity index (χ0) is 25.2. The second-order valence-corrected chi connectivity index (χ2v) is 10.6. The van der Waals surface area contributed by atoms with Crippen LogP contribution in [0.25, 0.3) is 0 Å². The van der Waals surface area contributed by atoms with Crippen molar-refractivity contribution < 1.29 is 24.2 Å². The number of ether oxygens (including phenoxy) is 2. The zero-order valence-electron chi connectivity index (χ0n) is 19.7. The first-order valence-electron chi connectivity index (χ1n) is 11.5. The maximum Gasteiger partial charge on any atom is 0.338 e. The van der Waals surface area contributed by atoms with Crippen LogP contribution in [-0.4, -0.2) is 76.1 Å². The molecule has 0 bridgehead atoms. The normalized spacial score (nSPS) is 22.5. The molecule has 0 radical (unpaired) electrons. The van der Waals surface area contributed by atoms with Gasteiger partial charge in [-0.25, -0.2) is 4.79 Å². The molecule has 0 saturated carbocycles. The first-order chi connectivity index (χ1) is 16.7. The molecule has 0 aliphatic carbocycles. The average Bonchev–Trinajstić information content (AvgIpc) is 2.84. The van der Waals surface area contributed by atoms with Crippen LogP contribution in [0.3, 0.4) is 0 Å². The van der Waals surface area contributed by atoms with E-state index in [1.807, 2.05) is 11.0 Å². The predicted octanol–water partition coefficient (Wildman–Crippen LogP) is 2.90. The molecule has 35 heavy (non-hydrogen) atoms. The Morgan fingerprint density at radius 3 is 2.71 bits per heavy atom. The van der Waals surface area contributed by atoms with E-state index in [-0.39, 0.29) is 29.9 Å². The lowest BCUT2D eigenvalue weighted by Crippen LogP contribution is -2.59. The quantitative estimate of drug-likeness (QED) is 0.443. The van der Waals surface area contributed by atoms with Crippen molar-refractivity contribution in [2.45, 2.75) is 36.4 Å². The van der Waals surface area contributed by atoms with Gasteiger partial charge in [-0.05, 0) is 44.2 Å². The van der Waals surface area contributed by atoms with Gasteiger partial charge in [0.1, 0.15) is 24.1 Å². The summed E-state index contributed by atoms with van der Waals surface area (Å²) >= 11 is 3.56. The van der Waals surface area contributed by atoms with Gasteiger partial charge in [-0.15, -0.1) is 0 Å². The first kappa shape index (κ1) is 25.2. The van der Waals surface area contributed by atoms with E-state index in [1.54, 1.807) is 61.2 Å². The number of fused-ring (bicyclic) bond motifs is 1. The number of aliphatic hydroxyl groups is 1. The van der Waals surface area contributed by atoms with Crippen molar-refractivity contribution in [3.8, 4) is 11.8 Å². The van der Waals surface area contributed by atoms with Crippen molar-refractivity contribution in [1.82, 2.24) is 9.80 Å². The highest BCUT2D eigenvalue weighted by molar-refractivity contribution is 9.09. The Morgan fingerprint density at radius 1 is 1.29 bits per heavy atom. The van der Waals surface area contributed by atoms with Crippen LogP contribution in [0, 0.1) is 11.3 Å². The van der Waals surface area contributed by atoms with Gasteiger partial charge in [0.05, 0.1) is 34.6 Å². The Morgan fingerprint density at radius 2 is 2.03 bits per heavy atom. The molecule has 1 amide bonds. The summed E-state index contributed by atoms with van der Waals surface area (Å²) in [5.41, 5.74) is 0.687. The van der Waals surface area contributed by atoms with Gasteiger partial charge in [0.15, 0.2) is 0 Å². The number of aliphatic hydroxyl groups excluding tert-OH is 1. The van der Waals surface area contributed by atoms with Crippen molar-refractivity contribution in [3.05, 3.63) is 65.2 Å². The molecule has 8 nitrogen and oxygen atoms in total. The maximum absolute atomic E-state index is 13.2. The molecule has 2 aliphatic rings. The number of amides is 1. The lowest BCUT2D eigenvalue weighted by Gasteiger charge is -2.48. The van der Waals surface area contributed by atoms with Gasteiger partial charge in [-0.3, -0.25) is 9.69 Å². The molecular formula is C26H28BrN3O5. The molecule has 1 unspecified atom stereocenters. The minimum atomic E-state index is -0.958. The third-order valence-corrected chi connectivity index (χ3v) is 6.93. The van der Waals surface area contributed by atoms with Crippen LogP contribution in [0.1, 0.15) is 41.4 Å². The highest BCUT2D eigenvalue weighted by Gasteiger charge is 2.47. The fourth-order valence-electron chi connectivity index (χ4n) is 4.52. The summed E-state index contributed by atoms with van der Waals surface area (Å²) in [6.07, 6.45) is -0.958. The molecular weight excluding hydrogens is 514 g/mol. The molecule has 0 spiro atoms. The maximum atomic E-state index is 13.2. The minimum absolute atomic E-state index is 0.118. The largest absolute Gasteiger partial charge is 0.485 e. The van der Waals surface area contributed by atoms with E-state index in [0.29, 0.717) is 42.1 Å². The summed E-state index contributed by atoms with van der Waals surface area (Å²) in [5, 5.41) is 20.5. The predicted molar refractivity (Wildman–Crippen MR) is 132 cm³/mol. The summed E-state index contributed by atoms with van der Waals surface area (Å²) in [6, 6.07) is 15.4. The molecule has 2 heterocycles. The Hall–Kier alpha value is -2.93. The molecule has 1 fully saturated rings. The number of carbonyl (C=O) groups is 2. The standard InChI is InChI=1S/C26H28BrN3O5/c1-26(2)24(32)23(20-12-17(13-28)8-9-21(20)35-26)30-11-10-29(15-22(30)31)14-19(27)16-34-25(33)18-6-4-3-5-7-18/h3-9,12,19,23-24,32H,10-11,14-16H2,1-2H3/t19?,23-,24+/m1/s1. The molecule has 0 aromatic heterocycles. The Labute approximate surface area is 213 Å². The van der Waals surface area contributed by atoms with Gasteiger partial charge in [-0.2, -0.15) is 5.26 Å². The van der Waals surface area contributed by atoms with E-state index < -0.39 is 17.7 Å². The Balaban J connectivity index is 1.39. The average molecular weight is 542 g/mol. The van der Waals surface area contributed by atoms with Crippen LogP contribution < -0.4 is 4.74 Å². The van der Waals surface area contributed by atoms with Gasteiger partial charge in [0, 0.05) is 25.2 Å². The van der Waals surface area contributed by atoms with E-state index in [2.05, 4.69) is 22.0 Å². The lowest BCUT2D eigenvalue weighted by molar-refractivity contribution is -0.150. The number of hydrogen-bond acceptors (Lipinski definition) is 7. The fraction of sp³-hybridized carbons (Fsp3) is 0.423. The van der Waals surface area contributed by atoms with Crippen molar-refractivity contribution in [3.63, 3.8) is 0 Å². The first-order valence-corrected chi connectivity index (χ1v) is 12.4. The molecule has 4 rings (SSSR count). The monoisotopic (exact) mass is 541 g/mol. The number of nitrogens with zero attached hydrogens (tertiary/aromatic N) is 3. The van der Waals surface area contributed by atoms with Gasteiger partial charge in [0.2, 0.25) is 5.91 Å². The lowest BCUT2D eigenvalue weighted by atomic mass is 9.84. The van der Waals surface area contributed by atoms with Crippen molar-refractivity contribution in [2.75, 3.05) is 32.8 Å². The third-order valence-electron chi connectivity index (χ3n) is 6.38. The molecule has 3 atom stereocenters. The summed E-state index contributed by atoms with van der Waals surface area (Å²) in [5.74, 6) is 0.0649. The smallest absolute Gasteiger partial charge is 0.338 e. The summed E-state index contributed by atoms with van der Waals surface area (Å²) < 4.78 is 11.4. The molecule has 1 saturated heterocycles.